The zero-order valence-corrected chi connectivity index (χ0v) is 62.2. The number of nitrogens with zero attached hydrogens (tertiary/aromatic N) is 14. The molecule has 522 valence electrons. The molecule has 0 fully saturated rings. The van der Waals surface area contributed by atoms with Gasteiger partial charge in [0, 0.05) is 77.8 Å². The summed E-state index contributed by atoms with van der Waals surface area (Å²) in [7, 11) is 7.75. The molecular formula is C79H90N14O3Yb2. The predicted octanol–water partition coefficient (Wildman–Crippen LogP) is 15.1. The van der Waals surface area contributed by atoms with Crippen molar-refractivity contribution in [1.29, 1.82) is 0 Å². The van der Waals surface area contributed by atoms with E-state index in [1.54, 1.807) is 50.1 Å². The van der Waals surface area contributed by atoms with Crippen molar-refractivity contribution in [2.24, 2.45) is 43.2 Å². The monoisotopic (exact) mass is 1630 g/mol. The maximum atomic E-state index is 12.7. The molecule has 2 radical (unpaired) electrons. The number of benzene rings is 6. The Balaban J connectivity index is 0.000000224. The molecule has 0 aliphatic heterocycles. The van der Waals surface area contributed by atoms with Crippen molar-refractivity contribution in [2.75, 3.05) is 0 Å². The van der Waals surface area contributed by atoms with E-state index in [-0.39, 0.29) is 112 Å². The van der Waals surface area contributed by atoms with Crippen LogP contribution in [0.15, 0.2) is 235 Å². The number of aliphatic imine (C=N–C) groups is 3. The summed E-state index contributed by atoms with van der Waals surface area (Å²) in [6.45, 7) is 25.5. The van der Waals surface area contributed by atoms with Gasteiger partial charge in [-0.2, -0.15) is 0 Å². The van der Waals surface area contributed by atoms with Gasteiger partial charge in [-0.3, -0.25) is 15.0 Å². The normalized spacial score (nSPS) is 11.3. The van der Waals surface area contributed by atoms with E-state index in [2.05, 4.69) is 169 Å². The van der Waals surface area contributed by atoms with Crippen LogP contribution in [0.1, 0.15) is 169 Å². The molecule has 19 heteroatoms. The Morgan fingerprint density at radius 3 is 0.673 bits per heavy atom. The summed E-state index contributed by atoms with van der Waals surface area (Å²) >= 11 is 0. The summed E-state index contributed by atoms with van der Waals surface area (Å²) < 4.78 is 7.56. The fourth-order valence-electron chi connectivity index (χ4n) is 10.1. The number of aromatic nitrogens is 11. The van der Waals surface area contributed by atoms with Crippen molar-refractivity contribution in [3.8, 4) is 0 Å². The van der Waals surface area contributed by atoms with Crippen molar-refractivity contribution < 1.29 is 109 Å². The molecule has 0 spiro atoms. The minimum Gasteiger partial charge on any atom is -0.859 e. The molecule has 0 bridgehead atoms. The quantitative estimate of drug-likeness (QED) is 0.0831. The molecule has 17 nitrogen and oxygen atoms in total. The average Bonchev–Trinajstić information content (AvgIpc) is 1.36. The second-order valence-corrected chi connectivity index (χ2v) is 25.0. The molecule has 0 saturated heterocycles. The molecule has 0 saturated carbocycles. The molecule has 0 N–H and O–H groups in total. The molecule has 7 heterocycles. The van der Waals surface area contributed by atoms with Crippen LogP contribution in [-0.2, 0) is 28.2 Å². The van der Waals surface area contributed by atoms with E-state index >= 15 is 0 Å². The van der Waals surface area contributed by atoms with Crippen LogP contribution in [0.25, 0.3) is 32.7 Å². The smallest absolute Gasteiger partial charge is 0.859 e. The molecular weight excluding hydrogens is 1540 g/mol. The third kappa shape index (κ3) is 24.0. The summed E-state index contributed by atoms with van der Waals surface area (Å²) in [4.78, 5) is 41.8. The Hall–Kier alpha value is -7.77. The van der Waals surface area contributed by atoms with Gasteiger partial charge >= 0.3 is 93.8 Å². The number of hydrogen-bond donors (Lipinski definition) is 0. The van der Waals surface area contributed by atoms with E-state index < -0.39 is 0 Å². The number of imidazole rings is 4. The average molecular weight is 1630 g/mol. The number of aryl methyl sites for hydroxylation is 4. The number of para-hydroxylation sites is 6. The van der Waals surface area contributed by atoms with E-state index in [9.17, 15) is 15.3 Å². The van der Waals surface area contributed by atoms with Crippen LogP contribution in [0, 0.1) is 93.8 Å². The predicted molar refractivity (Wildman–Crippen MR) is 387 cm³/mol. The first-order chi connectivity index (χ1) is 46.0. The maximum Gasteiger partial charge on any atom is 3.00 e. The standard InChI is InChI=1S/3C21H23N2O.4C4H6N2.2Yb/c3*1-13(2)16-9-7-10-17(14(3)4)20(16)23-21(24)19-12-15-8-5-6-11-18(15)22-19;4*1-6-3-2-5-4-6;;/h3*5-14H,1-4H3,(H-,22,23,24);4*2-4H,1H3;;/q3*-1;;;;;2*+3/p-3. The van der Waals surface area contributed by atoms with Gasteiger partial charge in [0.2, 0.25) is 0 Å². The van der Waals surface area contributed by atoms with E-state index in [0.717, 1.165) is 83.2 Å². The molecule has 0 atom stereocenters. The molecule has 7 aromatic heterocycles. The largest absolute Gasteiger partial charge is 3.00 e. The summed E-state index contributed by atoms with van der Waals surface area (Å²) in [5.74, 6) is 1.01. The molecule has 0 amide bonds. The SMILES string of the molecule is CC(C)c1cccc(C(C)C)c1N=C([O-])c1cc2ccccc2[n-]1.CC(C)c1cccc(C(C)C)c1N=C([O-])c1cc2ccccc2[n-]1.CC(C)c1cccc(C(C)C)c1N=C([O-])c1cc2ccccc2[n-]1.Cn1ccnc1.Cn1ccnc1.Cn1ccnc1.Cn1ccnc1.[Yb+3].[Yb+3]. The fraction of sp³-hybridized carbons (Fsp3) is 0.278. The molecule has 98 heavy (non-hydrogen) atoms. The van der Waals surface area contributed by atoms with Crippen molar-refractivity contribution in [1.82, 2.24) is 53.2 Å². The topological polar surface area (TPSA) is 220 Å². The fourth-order valence-corrected chi connectivity index (χ4v) is 10.1. The van der Waals surface area contributed by atoms with Crippen LogP contribution in [0.4, 0.5) is 17.1 Å². The van der Waals surface area contributed by atoms with Crippen LogP contribution in [0.5, 0.6) is 0 Å². The van der Waals surface area contributed by atoms with Gasteiger partial charge in [0.15, 0.2) is 0 Å². The Morgan fingerprint density at radius 1 is 0.316 bits per heavy atom. The second-order valence-electron chi connectivity index (χ2n) is 25.0. The molecule has 6 aromatic carbocycles. The van der Waals surface area contributed by atoms with Crippen molar-refractivity contribution in [2.45, 2.75) is 119 Å². The summed E-state index contributed by atoms with van der Waals surface area (Å²) in [6.07, 6.45) is 21.6. The van der Waals surface area contributed by atoms with Gasteiger partial charge in [0.1, 0.15) is 0 Å². The van der Waals surface area contributed by atoms with E-state index in [0.29, 0.717) is 52.6 Å². The Kier molecular flexibility index (Phi) is 33.3. The van der Waals surface area contributed by atoms with Crippen LogP contribution in [-0.4, -0.2) is 55.9 Å². The van der Waals surface area contributed by atoms with E-state index in [4.69, 9.17) is 0 Å². The molecule has 0 aliphatic carbocycles. The second kappa shape index (κ2) is 40.3. The van der Waals surface area contributed by atoms with Crippen molar-refractivity contribution in [3.05, 3.63) is 271 Å². The first-order valence-electron chi connectivity index (χ1n) is 32.4. The minimum absolute atomic E-state index is 0. The van der Waals surface area contributed by atoms with Gasteiger partial charge in [-0.05, 0) is 103 Å². The molecule has 0 unspecified atom stereocenters. The van der Waals surface area contributed by atoms with Crippen LogP contribution in [0.3, 0.4) is 0 Å². The maximum absolute atomic E-state index is 12.7. The first kappa shape index (κ1) is 80.9. The van der Waals surface area contributed by atoms with E-state index in [1.165, 1.54) is 0 Å². The van der Waals surface area contributed by atoms with Crippen LogP contribution in [0.2, 0.25) is 0 Å². The third-order valence-electron chi connectivity index (χ3n) is 15.3. The summed E-state index contributed by atoms with van der Waals surface area (Å²) in [5, 5.41) is 41.0. The first-order valence-corrected chi connectivity index (χ1v) is 32.4. The Labute approximate surface area is 655 Å². The summed E-state index contributed by atoms with van der Waals surface area (Å²) in [6, 6.07) is 47.1. The van der Waals surface area contributed by atoms with Gasteiger partial charge in [-0.15, -0.1) is 33.6 Å². The zero-order chi connectivity index (χ0) is 69.4. The molecule has 13 rings (SSSR count). The molecule has 0 aliphatic rings. The van der Waals surface area contributed by atoms with Crippen molar-refractivity contribution >= 4 is 67.5 Å². The van der Waals surface area contributed by atoms with Gasteiger partial charge < -0.3 is 48.5 Å². The van der Waals surface area contributed by atoms with E-state index in [1.807, 2.05) is 180 Å². The third-order valence-corrected chi connectivity index (χ3v) is 15.3. The van der Waals surface area contributed by atoms with Crippen LogP contribution >= 0.6 is 0 Å². The number of hydrogen-bond acceptors (Lipinski definition) is 10. The molecule has 13 aromatic rings. The Bertz CT molecular complexity index is 3870. The zero-order valence-electron chi connectivity index (χ0n) is 58.8. The van der Waals surface area contributed by atoms with Crippen molar-refractivity contribution in [3.63, 3.8) is 0 Å². The number of rotatable bonds is 12. The van der Waals surface area contributed by atoms with Crippen LogP contribution < -0.4 is 30.3 Å². The summed E-state index contributed by atoms with van der Waals surface area (Å²) in [5.41, 5.74) is 12.7. The van der Waals surface area contributed by atoms with Gasteiger partial charge in [0.25, 0.3) is 0 Å². The Morgan fingerprint density at radius 2 is 0.520 bits per heavy atom. The minimum atomic E-state index is -0.277. The number of fused-ring (bicyclic) bond motifs is 3. The van der Waals surface area contributed by atoms with Gasteiger partial charge in [0.05, 0.1) is 42.4 Å². The van der Waals surface area contributed by atoms with Gasteiger partial charge in [-0.1, -0.05) is 229 Å². The van der Waals surface area contributed by atoms with Gasteiger partial charge in [-0.25, -0.2) is 19.9 Å².